The molecule has 1 fully saturated rings. The molecule has 110 valence electrons. The molecule has 19 heavy (non-hydrogen) atoms. The Morgan fingerprint density at radius 3 is 2.37 bits per heavy atom. The van der Waals surface area contributed by atoms with Crippen LogP contribution in [-0.2, 0) is 14.3 Å². The van der Waals surface area contributed by atoms with Crippen LogP contribution in [0.2, 0.25) is 0 Å². The molecule has 0 radical (unpaired) electrons. The van der Waals surface area contributed by atoms with Gasteiger partial charge in [-0.15, -0.1) is 0 Å². The van der Waals surface area contributed by atoms with Crippen LogP contribution in [0.4, 0.5) is 4.79 Å². The van der Waals surface area contributed by atoms with Crippen LogP contribution in [0, 0.1) is 5.41 Å². The van der Waals surface area contributed by atoms with Gasteiger partial charge in [-0.25, -0.2) is 4.79 Å². The summed E-state index contributed by atoms with van der Waals surface area (Å²) < 4.78 is 10.4. The Hall–Kier alpha value is -1.30. The highest BCUT2D eigenvalue weighted by atomic mass is 16.6. The number of ether oxygens (including phenoxy) is 2. The predicted octanol–water partition coefficient (Wildman–Crippen LogP) is 1.78. The highest BCUT2D eigenvalue weighted by Gasteiger charge is 2.35. The summed E-state index contributed by atoms with van der Waals surface area (Å²) in [7, 11) is 0. The van der Waals surface area contributed by atoms with Crippen LogP contribution in [0.3, 0.4) is 0 Å². The van der Waals surface area contributed by atoms with E-state index >= 15 is 0 Å². The number of carbonyl (C=O) groups excluding carboxylic acids is 1. The van der Waals surface area contributed by atoms with E-state index < -0.39 is 23.1 Å². The molecule has 1 rings (SSSR count). The molecule has 0 aliphatic carbocycles. The van der Waals surface area contributed by atoms with Crippen LogP contribution in [0.5, 0.6) is 0 Å². The maximum atomic E-state index is 11.6. The summed E-state index contributed by atoms with van der Waals surface area (Å²) in [5.41, 5.74) is -0.985. The van der Waals surface area contributed by atoms with Crippen molar-refractivity contribution in [3.8, 4) is 0 Å². The highest BCUT2D eigenvalue weighted by molar-refractivity contribution is 5.69. The number of carboxylic acid groups (broad SMARTS) is 1. The van der Waals surface area contributed by atoms with Gasteiger partial charge in [0.25, 0.3) is 0 Å². The van der Waals surface area contributed by atoms with E-state index in [2.05, 4.69) is 5.32 Å². The molecule has 0 saturated carbocycles. The topological polar surface area (TPSA) is 84.9 Å². The van der Waals surface area contributed by atoms with Crippen molar-refractivity contribution >= 4 is 12.1 Å². The average Bonchev–Trinajstić information content (AvgIpc) is 2.24. The SMILES string of the molecule is CC(C)(C)OC(=O)NCC1(CC(=O)O)CCOCC1. The molecule has 0 unspecified atom stereocenters. The van der Waals surface area contributed by atoms with Crippen molar-refractivity contribution in [1.29, 1.82) is 0 Å². The molecule has 0 aromatic rings. The molecule has 0 spiro atoms. The lowest BCUT2D eigenvalue weighted by molar-refractivity contribution is -0.141. The number of hydrogen-bond acceptors (Lipinski definition) is 4. The molecule has 0 aromatic carbocycles. The van der Waals surface area contributed by atoms with Crippen molar-refractivity contribution in [3.63, 3.8) is 0 Å². The maximum Gasteiger partial charge on any atom is 0.407 e. The minimum atomic E-state index is -0.854. The summed E-state index contributed by atoms with van der Waals surface area (Å²) in [6.45, 7) is 6.72. The number of carbonyl (C=O) groups is 2. The molecule has 0 atom stereocenters. The second kappa shape index (κ2) is 6.23. The molecule has 2 N–H and O–H groups in total. The number of amides is 1. The standard InChI is InChI=1S/C13H23NO5/c1-12(2,3)19-11(17)14-9-13(8-10(15)16)4-6-18-7-5-13/h4-9H2,1-3H3,(H,14,17)(H,15,16). The lowest BCUT2D eigenvalue weighted by Gasteiger charge is -2.36. The van der Waals surface area contributed by atoms with Gasteiger partial charge in [0.1, 0.15) is 5.60 Å². The molecule has 1 heterocycles. The molecule has 1 amide bonds. The molecular weight excluding hydrogens is 250 g/mol. The first kappa shape index (κ1) is 15.8. The summed E-state index contributed by atoms with van der Waals surface area (Å²) in [4.78, 5) is 22.6. The summed E-state index contributed by atoms with van der Waals surface area (Å²) in [6, 6.07) is 0. The number of carboxylic acids is 1. The molecule has 6 nitrogen and oxygen atoms in total. The van der Waals surface area contributed by atoms with E-state index in [1.54, 1.807) is 20.8 Å². The van der Waals surface area contributed by atoms with Crippen LogP contribution in [-0.4, -0.2) is 42.5 Å². The van der Waals surface area contributed by atoms with Crippen LogP contribution in [0.25, 0.3) is 0 Å². The molecular formula is C13H23NO5. The first-order chi connectivity index (χ1) is 8.72. The number of rotatable bonds is 4. The van der Waals surface area contributed by atoms with Crippen LogP contribution >= 0.6 is 0 Å². The van der Waals surface area contributed by atoms with Crippen molar-refractivity contribution in [3.05, 3.63) is 0 Å². The van der Waals surface area contributed by atoms with Gasteiger partial charge in [0.15, 0.2) is 0 Å². The van der Waals surface area contributed by atoms with Crippen LogP contribution in [0.1, 0.15) is 40.0 Å². The molecule has 0 bridgehead atoms. The number of hydrogen-bond donors (Lipinski definition) is 2. The first-order valence-corrected chi connectivity index (χ1v) is 6.49. The summed E-state index contributed by atoms with van der Waals surface area (Å²) in [5, 5.41) is 11.7. The number of nitrogens with one attached hydrogen (secondary N) is 1. The predicted molar refractivity (Wildman–Crippen MR) is 69.0 cm³/mol. The van der Waals surface area contributed by atoms with Crippen molar-refractivity contribution in [2.45, 2.75) is 45.6 Å². The van der Waals surface area contributed by atoms with Gasteiger partial charge in [-0.2, -0.15) is 0 Å². The van der Waals surface area contributed by atoms with Gasteiger partial charge in [0, 0.05) is 25.2 Å². The Morgan fingerprint density at radius 1 is 1.32 bits per heavy atom. The van der Waals surface area contributed by atoms with E-state index in [0.717, 1.165) is 0 Å². The van der Waals surface area contributed by atoms with E-state index in [1.165, 1.54) is 0 Å². The normalized spacial score (nSPS) is 18.7. The van der Waals surface area contributed by atoms with E-state index in [4.69, 9.17) is 14.6 Å². The Kier molecular flexibility index (Phi) is 5.17. The number of aliphatic carboxylic acids is 1. The van der Waals surface area contributed by atoms with Gasteiger partial charge in [-0.05, 0) is 33.6 Å². The Morgan fingerprint density at radius 2 is 1.89 bits per heavy atom. The first-order valence-electron chi connectivity index (χ1n) is 6.49. The van der Waals surface area contributed by atoms with E-state index in [-0.39, 0.29) is 6.42 Å². The van der Waals surface area contributed by atoms with Crippen molar-refractivity contribution in [1.82, 2.24) is 5.32 Å². The quantitative estimate of drug-likeness (QED) is 0.815. The molecule has 1 aliphatic rings. The molecule has 1 aliphatic heterocycles. The van der Waals surface area contributed by atoms with Gasteiger partial charge < -0.3 is 19.9 Å². The van der Waals surface area contributed by atoms with Crippen molar-refractivity contribution in [2.24, 2.45) is 5.41 Å². The third-order valence-corrected chi connectivity index (χ3v) is 3.09. The van der Waals surface area contributed by atoms with Crippen LogP contribution < -0.4 is 5.32 Å². The molecule has 6 heteroatoms. The summed E-state index contributed by atoms with van der Waals surface area (Å²) in [6.07, 6.45) is 0.792. The van der Waals surface area contributed by atoms with E-state index in [0.29, 0.717) is 32.6 Å². The second-order valence-electron chi connectivity index (χ2n) is 6.04. The lowest BCUT2D eigenvalue weighted by Crippen LogP contribution is -2.44. The van der Waals surface area contributed by atoms with Gasteiger partial charge >= 0.3 is 12.1 Å². The zero-order valence-electron chi connectivity index (χ0n) is 11.8. The average molecular weight is 273 g/mol. The number of alkyl carbamates (subject to hydrolysis) is 1. The minimum Gasteiger partial charge on any atom is -0.481 e. The monoisotopic (exact) mass is 273 g/mol. The third kappa shape index (κ3) is 5.92. The highest BCUT2D eigenvalue weighted by Crippen LogP contribution is 2.33. The molecule has 1 saturated heterocycles. The van der Waals surface area contributed by atoms with Gasteiger partial charge in [-0.1, -0.05) is 0 Å². The van der Waals surface area contributed by atoms with E-state index in [1.807, 2.05) is 0 Å². The largest absolute Gasteiger partial charge is 0.481 e. The Bertz CT molecular complexity index is 328. The van der Waals surface area contributed by atoms with Crippen molar-refractivity contribution in [2.75, 3.05) is 19.8 Å². The maximum absolute atomic E-state index is 11.6. The second-order valence-corrected chi connectivity index (χ2v) is 6.04. The minimum absolute atomic E-state index is 0.0339. The fourth-order valence-electron chi connectivity index (χ4n) is 2.12. The summed E-state index contributed by atoms with van der Waals surface area (Å²) in [5.74, 6) is -0.854. The Balaban J connectivity index is 2.53. The zero-order chi connectivity index (χ0) is 14.5. The fraction of sp³-hybridized carbons (Fsp3) is 0.846. The smallest absolute Gasteiger partial charge is 0.407 e. The lowest BCUT2D eigenvalue weighted by atomic mass is 9.77. The Labute approximate surface area is 113 Å². The van der Waals surface area contributed by atoms with Gasteiger partial charge in [0.2, 0.25) is 0 Å². The van der Waals surface area contributed by atoms with Crippen molar-refractivity contribution < 1.29 is 24.2 Å². The van der Waals surface area contributed by atoms with E-state index in [9.17, 15) is 9.59 Å². The van der Waals surface area contributed by atoms with Gasteiger partial charge in [-0.3, -0.25) is 4.79 Å². The fourth-order valence-corrected chi connectivity index (χ4v) is 2.12. The van der Waals surface area contributed by atoms with Crippen LogP contribution in [0.15, 0.2) is 0 Å². The third-order valence-electron chi connectivity index (χ3n) is 3.09. The van der Waals surface area contributed by atoms with Gasteiger partial charge in [0.05, 0.1) is 6.42 Å². The molecule has 0 aromatic heterocycles. The zero-order valence-corrected chi connectivity index (χ0v) is 11.8. The summed E-state index contributed by atoms with van der Waals surface area (Å²) >= 11 is 0.